The molecule has 0 unspecified atom stereocenters. The van der Waals surface area contributed by atoms with Crippen LogP contribution in [0.2, 0.25) is 0 Å². The zero-order valence-electron chi connectivity index (χ0n) is 22.5. The predicted molar refractivity (Wildman–Crippen MR) is 166 cm³/mol. The second-order valence-electron chi connectivity index (χ2n) is 11.0. The van der Waals surface area contributed by atoms with Crippen molar-refractivity contribution in [3.63, 3.8) is 0 Å². The van der Waals surface area contributed by atoms with Gasteiger partial charge in [0.15, 0.2) is 0 Å². The number of nitrogens with zero attached hydrogens (tertiary/aromatic N) is 4. The summed E-state index contributed by atoms with van der Waals surface area (Å²) in [4.78, 5) is 10.2. The number of fused-ring (bicyclic) bond motifs is 9. The van der Waals surface area contributed by atoms with Crippen LogP contribution in [0.1, 0.15) is 30.8 Å². The zero-order chi connectivity index (χ0) is 27.0. The van der Waals surface area contributed by atoms with Crippen molar-refractivity contribution >= 4 is 61.1 Å². The number of aromatic nitrogens is 4. The van der Waals surface area contributed by atoms with Gasteiger partial charge in [0.2, 0.25) is 0 Å². The molecule has 3 aromatic carbocycles. The van der Waals surface area contributed by atoms with E-state index in [1.54, 1.807) is 0 Å². The fraction of sp³-hybridized carbons (Fsp3) is 0.114. The molecule has 0 amide bonds. The first-order valence-corrected chi connectivity index (χ1v) is 15.3. The molecule has 40 heavy (non-hydrogen) atoms. The van der Waals surface area contributed by atoms with E-state index < -0.39 is 0 Å². The third-order valence-corrected chi connectivity index (χ3v) is 10.7. The first kappa shape index (κ1) is 23.6. The van der Waals surface area contributed by atoms with Crippen molar-refractivity contribution in [3.05, 3.63) is 120 Å². The van der Waals surface area contributed by atoms with Crippen molar-refractivity contribution in [1.82, 2.24) is 19.6 Å². The Labute approximate surface area is 237 Å². The maximum atomic E-state index is 5.30. The molecule has 0 aliphatic heterocycles. The van der Waals surface area contributed by atoms with E-state index in [9.17, 15) is 0 Å². The molecule has 0 N–H and O–H groups in total. The fourth-order valence-electron chi connectivity index (χ4n) is 6.02. The number of rotatable bonds is 3. The van der Waals surface area contributed by atoms with Crippen molar-refractivity contribution < 1.29 is 0 Å². The normalized spacial score (nSPS) is 12.4. The Bertz CT molecular complexity index is 2270. The Balaban J connectivity index is 1.29. The molecule has 8 rings (SSSR count). The molecular formula is C35H26N4Se. The average Bonchev–Trinajstić information content (AvgIpc) is 3.62. The summed E-state index contributed by atoms with van der Waals surface area (Å²) in [5.41, 5.74) is 7.52. The number of hydrogen-bond acceptors (Lipinski definition) is 3. The Hall–Kier alpha value is -4.31. The summed E-state index contributed by atoms with van der Waals surface area (Å²) in [5.74, 6) is 0. The molecule has 5 heteroatoms. The van der Waals surface area contributed by atoms with E-state index in [-0.39, 0.29) is 19.9 Å². The van der Waals surface area contributed by atoms with Crippen LogP contribution in [0.15, 0.2) is 103 Å². The zero-order valence-corrected chi connectivity index (χ0v) is 24.2. The van der Waals surface area contributed by atoms with Crippen LogP contribution in [0.5, 0.6) is 0 Å². The Morgan fingerprint density at radius 1 is 0.675 bits per heavy atom. The second-order valence-corrected chi connectivity index (χ2v) is 13.1. The average molecular weight is 582 g/mol. The van der Waals surface area contributed by atoms with E-state index in [1.165, 1.54) is 46.7 Å². The number of pyridine rings is 3. The summed E-state index contributed by atoms with van der Waals surface area (Å²) in [5, 5.41) is 11.0. The van der Waals surface area contributed by atoms with Crippen LogP contribution >= 0.6 is 0 Å². The summed E-state index contributed by atoms with van der Waals surface area (Å²) in [6, 6.07) is 34.9. The minimum atomic E-state index is -0.306. The molecule has 0 spiro atoms. The van der Waals surface area contributed by atoms with Gasteiger partial charge in [0, 0.05) is 0 Å². The van der Waals surface area contributed by atoms with E-state index in [0.29, 0.717) is 0 Å². The van der Waals surface area contributed by atoms with Crippen LogP contribution in [-0.4, -0.2) is 34.1 Å². The number of benzene rings is 3. The molecule has 5 aromatic heterocycles. The van der Waals surface area contributed by atoms with Crippen LogP contribution in [0, 0.1) is 6.92 Å². The van der Waals surface area contributed by atoms with Gasteiger partial charge in [-0.15, -0.1) is 0 Å². The molecule has 5 heterocycles. The standard InChI is InChI=1S/C35H26N4Se/c1-21-14-16-27-26-10-6-11-28(33(26)40-34(27)37-21)29-12-7-13-32(38-29)35(2,3)22-15-17-25-23-8-4-5-9-24(23)30-18-19-36-39(30)31(25)20-22/h4-20H,1-3H3. The quantitative estimate of drug-likeness (QED) is 0.156. The Morgan fingerprint density at radius 3 is 2.35 bits per heavy atom. The minimum absolute atomic E-state index is 0.163. The summed E-state index contributed by atoms with van der Waals surface area (Å²) < 4.78 is 4.67. The van der Waals surface area contributed by atoms with E-state index in [1.807, 2.05) is 6.20 Å². The molecule has 0 saturated heterocycles. The number of hydrogen-bond donors (Lipinski definition) is 0. The van der Waals surface area contributed by atoms with Crippen molar-refractivity contribution in [1.29, 1.82) is 0 Å². The topological polar surface area (TPSA) is 43.1 Å². The van der Waals surface area contributed by atoms with Gasteiger partial charge in [-0.1, -0.05) is 18.2 Å². The van der Waals surface area contributed by atoms with Gasteiger partial charge in [0.1, 0.15) is 0 Å². The first-order valence-electron chi connectivity index (χ1n) is 13.5. The first-order chi connectivity index (χ1) is 19.5. The SMILES string of the molecule is Cc1ccc2c(n1)[se]c1c(-c3cccc(C(C)(C)c4ccc5c6ccccc6c6ccnn6c5c4)n3)cccc12. The molecule has 0 fully saturated rings. The third-order valence-electron chi connectivity index (χ3n) is 8.25. The van der Waals surface area contributed by atoms with Crippen molar-refractivity contribution in [2.45, 2.75) is 26.2 Å². The van der Waals surface area contributed by atoms with E-state index in [0.717, 1.165) is 28.1 Å². The van der Waals surface area contributed by atoms with Gasteiger partial charge in [-0.3, -0.25) is 0 Å². The third kappa shape index (κ3) is 3.41. The van der Waals surface area contributed by atoms with Gasteiger partial charge in [0.05, 0.1) is 0 Å². The molecule has 0 radical (unpaired) electrons. The van der Waals surface area contributed by atoms with E-state index in [4.69, 9.17) is 15.1 Å². The van der Waals surface area contributed by atoms with Gasteiger partial charge in [-0.05, 0) is 0 Å². The molecule has 192 valence electrons. The molecule has 0 bridgehead atoms. The van der Waals surface area contributed by atoms with Gasteiger partial charge in [0.25, 0.3) is 0 Å². The Morgan fingerprint density at radius 2 is 1.45 bits per heavy atom. The van der Waals surface area contributed by atoms with Gasteiger partial charge in [-0.2, -0.15) is 0 Å². The van der Waals surface area contributed by atoms with E-state index >= 15 is 0 Å². The second kappa shape index (κ2) is 8.59. The van der Waals surface area contributed by atoms with Crippen LogP contribution in [0.3, 0.4) is 0 Å². The maximum absolute atomic E-state index is 5.30. The van der Waals surface area contributed by atoms with Crippen molar-refractivity contribution in [2.24, 2.45) is 0 Å². The van der Waals surface area contributed by atoms with Crippen LogP contribution in [0.25, 0.3) is 57.9 Å². The van der Waals surface area contributed by atoms with Gasteiger partial charge >= 0.3 is 220 Å². The summed E-state index contributed by atoms with van der Waals surface area (Å²) >= 11 is 0.163. The molecule has 0 aliphatic carbocycles. The molecule has 0 aliphatic rings. The fourth-order valence-corrected chi connectivity index (χ4v) is 8.62. The monoisotopic (exact) mass is 582 g/mol. The van der Waals surface area contributed by atoms with E-state index in [2.05, 4.69) is 122 Å². The summed E-state index contributed by atoms with van der Waals surface area (Å²) in [6.45, 7) is 6.60. The summed E-state index contributed by atoms with van der Waals surface area (Å²) in [6.07, 6.45) is 1.89. The van der Waals surface area contributed by atoms with Crippen LogP contribution < -0.4 is 0 Å². The molecule has 0 atom stereocenters. The van der Waals surface area contributed by atoms with Gasteiger partial charge in [-0.25, -0.2) is 0 Å². The molecule has 4 nitrogen and oxygen atoms in total. The van der Waals surface area contributed by atoms with Crippen LogP contribution in [-0.2, 0) is 5.41 Å². The number of aryl methyl sites for hydroxylation is 1. The summed E-state index contributed by atoms with van der Waals surface area (Å²) in [7, 11) is 0. The molecule has 8 aromatic rings. The predicted octanol–water partition coefficient (Wildman–Crippen LogP) is 8.10. The molecule has 0 saturated carbocycles. The van der Waals surface area contributed by atoms with Crippen molar-refractivity contribution in [3.8, 4) is 11.3 Å². The van der Waals surface area contributed by atoms with Crippen LogP contribution in [0.4, 0.5) is 0 Å². The Kier molecular flexibility index (Phi) is 5.06. The van der Waals surface area contributed by atoms with Gasteiger partial charge < -0.3 is 0 Å². The van der Waals surface area contributed by atoms with Crippen molar-refractivity contribution in [2.75, 3.05) is 0 Å². The molecular weight excluding hydrogens is 555 g/mol.